The van der Waals surface area contributed by atoms with Gasteiger partial charge in [0.15, 0.2) is 0 Å². The fraction of sp³-hybridized carbons (Fsp3) is 0.100. The van der Waals surface area contributed by atoms with Gasteiger partial charge in [0.1, 0.15) is 0 Å². The van der Waals surface area contributed by atoms with E-state index in [2.05, 4.69) is 10.3 Å². The Balaban J connectivity index is 2.60. The molecule has 0 spiro atoms. The summed E-state index contributed by atoms with van der Waals surface area (Å²) in [4.78, 5) is 25.9. The first kappa shape index (κ1) is 8.62. The molecule has 4 nitrogen and oxygen atoms in total. The maximum absolute atomic E-state index is 11.2. The Morgan fingerprint density at radius 1 is 1.43 bits per heavy atom. The van der Waals surface area contributed by atoms with Gasteiger partial charge in [-0.2, -0.15) is 0 Å². The number of carbonyl (C=O) groups excluding carboxylic acids is 2. The number of hydrogen-bond acceptors (Lipinski definition) is 2. The van der Waals surface area contributed by atoms with Gasteiger partial charge in [-0.1, -0.05) is 6.07 Å². The van der Waals surface area contributed by atoms with Crippen molar-refractivity contribution in [3.8, 4) is 0 Å². The molecule has 0 aliphatic carbocycles. The van der Waals surface area contributed by atoms with Crippen molar-refractivity contribution < 1.29 is 9.59 Å². The van der Waals surface area contributed by atoms with Crippen molar-refractivity contribution in [3.05, 3.63) is 34.3 Å². The minimum Gasteiger partial charge on any atom is -0.355 e. The minimum atomic E-state index is -0.269. The summed E-state index contributed by atoms with van der Waals surface area (Å²) in [6, 6.07) is 4.99. The average molecular weight is 188 g/mol. The fourth-order valence-electron chi connectivity index (χ4n) is 1.33. The molecule has 2 amide bonds. The Morgan fingerprint density at radius 2 is 2.21 bits per heavy atom. The van der Waals surface area contributed by atoms with Gasteiger partial charge in [-0.05, 0) is 12.1 Å². The van der Waals surface area contributed by atoms with Crippen LogP contribution in [0.5, 0.6) is 0 Å². The van der Waals surface area contributed by atoms with E-state index in [4.69, 9.17) is 0 Å². The first-order chi connectivity index (χ1) is 6.70. The highest BCUT2D eigenvalue weighted by atomic mass is 16.2. The van der Waals surface area contributed by atoms with E-state index in [-0.39, 0.29) is 11.8 Å². The highest BCUT2D eigenvalue weighted by Crippen LogP contribution is 1.93. The van der Waals surface area contributed by atoms with Crippen molar-refractivity contribution in [3.63, 3.8) is 0 Å². The van der Waals surface area contributed by atoms with Crippen LogP contribution in [-0.4, -0.2) is 18.9 Å². The van der Waals surface area contributed by atoms with E-state index in [0.717, 1.165) is 5.22 Å². The fourth-order valence-corrected chi connectivity index (χ4v) is 1.33. The van der Waals surface area contributed by atoms with Crippen LogP contribution in [-0.2, 0) is 4.79 Å². The predicted molar refractivity (Wildman–Crippen MR) is 50.1 cm³/mol. The molecule has 1 N–H and O–H groups in total. The number of fused-ring (bicyclic) bond motifs is 1. The second-order valence-electron chi connectivity index (χ2n) is 2.95. The molecule has 1 heterocycles. The van der Waals surface area contributed by atoms with Gasteiger partial charge in [0.25, 0.3) is 11.8 Å². The number of hydrogen-bond donors (Lipinski definition) is 1. The third-order valence-electron chi connectivity index (χ3n) is 2.03. The number of amides is 2. The van der Waals surface area contributed by atoms with Gasteiger partial charge >= 0.3 is 0 Å². The van der Waals surface area contributed by atoms with Crippen LogP contribution in [0.15, 0.2) is 23.2 Å². The maximum Gasteiger partial charge on any atom is 0.270 e. The van der Waals surface area contributed by atoms with Crippen LogP contribution in [0.3, 0.4) is 0 Å². The lowest BCUT2D eigenvalue weighted by Gasteiger charge is -1.97. The van der Waals surface area contributed by atoms with E-state index in [1.165, 1.54) is 6.08 Å². The number of benzene rings is 1. The third kappa shape index (κ3) is 1.31. The smallest absolute Gasteiger partial charge is 0.270 e. The second-order valence-corrected chi connectivity index (χ2v) is 2.95. The second kappa shape index (κ2) is 3.06. The standard InChI is InChI=1S/C10H8N2O2/c1-11-10(14)7-3-2-6-5-9(13)12-8(6)4-7/h2-5H,1H3,(H,11,14). The number of nitrogens with zero attached hydrogens (tertiary/aromatic N) is 1. The molecule has 70 valence electrons. The molecule has 0 bridgehead atoms. The Morgan fingerprint density at radius 3 is 2.93 bits per heavy atom. The van der Waals surface area contributed by atoms with E-state index < -0.39 is 0 Å². The average Bonchev–Trinajstić information content (AvgIpc) is 2.55. The molecule has 0 saturated heterocycles. The van der Waals surface area contributed by atoms with Crippen LogP contribution in [0.25, 0.3) is 6.08 Å². The van der Waals surface area contributed by atoms with Gasteiger partial charge < -0.3 is 5.32 Å². The molecule has 0 aromatic heterocycles. The molecule has 1 aliphatic rings. The molecule has 1 aromatic carbocycles. The largest absolute Gasteiger partial charge is 0.355 e. The van der Waals surface area contributed by atoms with E-state index in [1.54, 1.807) is 25.2 Å². The summed E-state index contributed by atoms with van der Waals surface area (Å²) in [5.41, 5.74) is 0.512. The normalized spacial score (nSPS) is 12.8. The predicted octanol–water partition coefficient (Wildman–Crippen LogP) is -1.01. The van der Waals surface area contributed by atoms with E-state index >= 15 is 0 Å². The number of nitrogens with one attached hydrogen (secondary N) is 1. The molecule has 0 fully saturated rings. The lowest BCUT2D eigenvalue weighted by Crippen LogP contribution is -2.25. The molecule has 14 heavy (non-hydrogen) atoms. The third-order valence-corrected chi connectivity index (χ3v) is 2.03. The lowest BCUT2D eigenvalue weighted by atomic mass is 10.2. The van der Waals surface area contributed by atoms with E-state index in [0.29, 0.717) is 10.9 Å². The highest BCUT2D eigenvalue weighted by molar-refractivity contribution is 6.06. The van der Waals surface area contributed by atoms with Crippen LogP contribution >= 0.6 is 0 Å². The van der Waals surface area contributed by atoms with Gasteiger partial charge in [-0.15, -0.1) is 0 Å². The summed E-state index contributed by atoms with van der Waals surface area (Å²) >= 11 is 0. The van der Waals surface area contributed by atoms with Crippen molar-refractivity contribution in [1.29, 1.82) is 0 Å². The molecule has 1 aromatic rings. The Bertz CT molecular complexity index is 532. The molecule has 0 saturated carbocycles. The molecule has 0 radical (unpaired) electrons. The lowest BCUT2D eigenvalue weighted by molar-refractivity contribution is -0.112. The zero-order valence-electron chi connectivity index (χ0n) is 7.57. The summed E-state index contributed by atoms with van der Waals surface area (Å²) in [5, 5.41) is 3.84. The number of carbonyl (C=O) groups is 2. The van der Waals surface area contributed by atoms with Crippen molar-refractivity contribution in [2.45, 2.75) is 0 Å². The van der Waals surface area contributed by atoms with Gasteiger partial charge in [0.2, 0.25) is 0 Å². The molecule has 0 unspecified atom stereocenters. The molecular weight excluding hydrogens is 180 g/mol. The van der Waals surface area contributed by atoms with Gasteiger partial charge in [-0.25, -0.2) is 4.99 Å². The summed E-state index contributed by atoms with van der Waals surface area (Å²) < 4.78 is 0. The topological polar surface area (TPSA) is 58.5 Å². The van der Waals surface area contributed by atoms with E-state index in [9.17, 15) is 9.59 Å². The molecular formula is C10H8N2O2. The maximum atomic E-state index is 11.2. The molecule has 4 heteroatoms. The van der Waals surface area contributed by atoms with Crippen LogP contribution < -0.4 is 15.9 Å². The van der Waals surface area contributed by atoms with Crippen LogP contribution in [0.2, 0.25) is 0 Å². The van der Waals surface area contributed by atoms with E-state index in [1.807, 2.05) is 0 Å². The zero-order chi connectivity index (χ0) is 10.1. The number of rotatable bonds is 1. The molecule has 1 aliphatic heterocycles. The summed E-state index contributed by atoms with van der Waals surface area (Å²) in [6.45, 7) is 0. The Kier molecular flexibility index (Phi) is 1.89. The first-order valence-electron chi connectivity index (χ1n) is 4.17. The molecule has 0 atom stereocenters. The van der Waals surface area contributed by atoms with Crippen molar-refractivity contribution in [2.75, 3.05) is 7.05 Å². The SMILES string of the molecule is CNC(=O)c1ccc2c(c1)=NC(=O)C=2. The summed E-state index contributed by atoms with van der Waals surface area (Å²) in [6.07, 6.45) is 1.45. The first-order valence-corrected chi connectivity index (χ1v) is 4.17. The van der Waals surface area contributed by atoms with Gasteiger partial charge in [0.05, 0.1) is 5.36 Å². The quantitative estimate of drug-likeness (QED) is 0.613. The monoisotopic (exact) mass is 188 g/mol. The zero-order valence-corrected chi connectivity index (χ0v) is 7.57. The minimum absolute atomic E-state index is 0.178. The van der Waals surface area contributed by atoms with Crippen molar-refractivity contribution in [2.24, 2.45) is 4.99 Å². The van der Waals surface area contributed by atoms with Crippen LogP contribution in [0.4, 0.5) is 0 Å². The Hall–Kier alpha value is -1.97. The summed E-state index contributed by atoms with van der Waals surface area (Å²) in [5.74, 6) is -0.448. The van der Waals surface area contributed by atoms with Crippen molar-refractivity contribution >= 4 is 17.9 Å². The highest BCUT2D eigenvalue weighted by Gasteiger charge is 2.07. The summed E-state index contributed by atoms with van der Waals surface area (Å²) in [7, 11) is 1.56. The van der Waals surface area contributed by atoms with Crippen LogP contribution in [0, 0.1) is 0 Å². The molecule has 2 rings (SSSR count). The Labute approximate surface area is 80.0 Å². The van der Waals surface area contributed by atoms with Crippen molar-refractivity contribution in [1.82, 2.24) is 5.32 Å². The van der Waals surface area contributed by atoms with Gasteiger partial charge in [-0.3, -0.25) is 9.59 Å². The van der Waals surface area contributed by atoms with Crippen LogP contribution in [0.1, 0.15) is 10.4 Å². The van der Waals surface area contributed by atoms with Gasteiger partial charge in [0, 0.05) is 23.9 Å².